The number of carbonyl (C=O) groups excluding carboxylic acids is 1. The first-order valence-electron chi connectivity index (χ1n) is 11.8. The van der Waals surface area contributed by atoms with Crippen LogP contribution in [0.3, 0.4) is 0 Å². The summed E-state index contributed by atoms with van der Waals surface area (Å²) in [6, 6.07) is 22.2. The van der Waals surface area contributed by atoms with Crippen molar-refractivity contribution in [3.63, 3.8) is 0 Å². The van der Waals surface area contributed by atoms with Crippen molar-refractivity contribution in [1.82, 2.24) is 20.4 Å². The predicted octanol–water partition coefficient (Wildman–Crippen LogP) is 4.14. The van der Waals surface area contributed by atoms with E-state index in [-0.39, 0.29) is 5.91 Å². The van der Waals surface area contributed by atoms with Gasteiger partial charge in [-0.25, -0.2) is 4.98 Å². The third-order valence-electron chi connectivity index (χ3n) is 6.36. The number of fused-ring (bicyclic) bond motifs is 1. The maximum atomic E-state index is 13.1. The van der Waals surface area contributed by atoms with E-state index in [1.165, 1.54) is 5.69 Å². The number of aryl methyl sites for hydroxylation is 1. The topological polar surface area (TPSA) is 74.5 Å². The van der Waals surface area contributed by atoms with Gasteiger partial charge >= 0.3 is 0 Å². The van der Waals surface area contributed by atoms with Crippen molar-refractivity contribution in [3.05, 3.63) is 78.0 Å². The zero-order chi connectivity index (χ0) is 23.3. The van der Waals surface area contributed by atoms with Gasteiger partial charge in [0.25, 0.3) is 11.6 Å². The van der Waals surface area contributed by atoms with Crippen molar-refractivity contribution in [3.8, 4) is 11.3 Å². The Morgan fingerprint density at radius 3 is 2.44 bits per heavy atom. The van der Waals surface area contributed by atoms with Crippen LogP contribution in [0.5, 0.6) is 0 Å². The first kappa shape index (κ1) is 22.1. The molecule has 0 radical (unpaired) electrons. The summed E-state index contributed by atoms with van der Waals surface area (Å²) in [6.45, 7) is 7.55. The van der Waals surface area contributed by atoms with Gasteiger partial charge < -0.3 is 14.7 Å². The van der Waals surface area contributed by atoms with Gasteiger partial charge in [-0.3, -0.25) is 9.69 Å². The Balaban J connectivity index is 1.18. The van der Waals surface area contributed by atoms with E-state index in [9.17, 15) is 4.79 Å². The Kier molecular flexibility index (Phi) is 6.53. The van der Waals surface area contributed by atoms with Crippen molar-refractivity contribution in [1.29, 1.82) is 0 Å². The van der Waals surface area contributed by atoms with Gasteiger partial charge in [0.1, 0.15) is 0 Å². The number of hydrogen-bond acceptors (Lipinski definition) is 6. The van der Waals surface area contributed by atoms with Crippen LogP contribution in [0.2, 0.25) is 0 Å². The van der Waals surface area contributed by atoms with Gasteiger partial charge in [0, 0.05) is 44.0 Å². The van der Waals surface area contributed by atoms with Crippen LogP contribution in [0.4, 0.5) is 5.69 Å². The zero-order valence-corrected chi connectivity index (χ0v) is 19.4. The van der Waals surface area contributed by atoms with E-state index < -0.39 is 0 Å². The average molecular weight is 456 g/mol. The molecule has 5 rings (SSSR count). The molecule has 1 saturated heterocycles. The number of hydrogen-bond donors (Lipinski definition) is 1. The quantitative estimate of drug-likeness (QED) is 0.422. The molecule has 1 amide bonds. The number of para-hydroxylation sites is 1. The molecule has 2 aromatic heterocycles. The molecule has 1 aliphatic rings. The summed E-state index contributed by atoms with van der Waals surface area (Å²) in [5.74, 6) is -0.121. The lowest BCUT2D eigenvalue weighted by molar-refractivity contribution is 0.0953. The minimum absolute atomic E-state index is 0.121. The molecule has 4 aromatic rings. The van der Waals surface area contributed by atoms with E-state index in [4.69, 9.17) is 4.52 Å². The van der Waals surface area contributed by atoms with Gasteiger partial charge in [0.05, 0.1) is 22.3 Å². The highest BCUT2D eigenvalue weighted by Gasteiger charge is 2.20. The number of anilines is 1. The molecule has 174 valence electrons. The number of rotatable bonds is 7. The highest BCUT2D eigenvalue weighted by molar-refractivity contribution is 6.06. The second-order valence-electron chi connectivity index (χ2n) is 8.64. The van der Waals surface area contributed by atoms with Crippen molar-refractivity contribution in [2.24, 2.45) is 0 Å². The van der Waals surface area contributed by atoms with Crippen LogP contribution >= 0.6 is 0 Å². The van der Waals surface area contributed by atoms with Crippen molar-refractivity contribution < 1.29 is 9.32 Å². The van der Waals surface area contributed by atoms with E-state index in [1.54, 1.807) is 0 Å². The molecule has 3 heterocycles. The Bertz CT molecular complexity index is 1250. The molecule has 0 atom stereocenters. The maximum Gasteiger partial charge on any atom is 0.259 e. The third kappa shape index (κ3) is 4.79. The Hall–Kier alpha value is -3.71. The molecule has 0 bridgehead atoms. The van der Waals surface area contributed by atoms with Crippen LogP contribution < -0.4 is 10.2 Å². The summed E-state index contributed by atoms with van der Waals surface area (Å²) in [6.07, 6.45) is 0.902. The van der Waals surface area contributed by atoms with Crippen LogP contribution in [0.1, 0.15) is 22.5 Å². The van der Waals surface area contributed by atoms with Gasteiger partial charge in [-0.15, -0.1) is 0 Å². The zero-order valence-electron chi connectivity index (χ0n) is 19.4. The molecule has 2 aromatic carbocycles. The van der Waals surface area contributed by atoms with Crippen molar-refractivity contribution in [2.75, 3.05) is 44.2 Å². The molecule has 1 aliphatic heterocycles. The van der Waals surface area contributed by atoms with Gasteiger partial charge in [-0.2, -0.15) is 0 Å². The number of carbonyl (C=O) groups is 1. The number of benzene rings is 2. The normalized spacial score (nSPS) is 14.4. The lowest BCUT2D eigenvalue weighted by Gasteiger charge is -2.36. The van der Waals surface area contributed by atoms with Gasteiger partial charge in [0.15, 0.2) is 0 Å². The van der Waals surface area contributed by atoms with Crippen LogP contribution in [-0.2, 0) is 0 Å². The fraction of sp³-hybridized carbons (Fsp3) is 0.296. The van der Waals surface area contributed by atoms with E-state index in [2.05, 4.69) is 55.6 Å². The number of amides is 1. The van der Waals surface area contributed by atoms with Gasteiger partial charge in [0.2, 0.25) is 0 Å². The lowest BCUT2D eigenvalue weighted by Crippen LogP contribution is -2.47. The van der Waals surface area contributed by atoms with Crippen LogP contribution in [0.25, 0.3) is 22.4 Å². The SMILES string of the molecule is Cc1noc2nc(-c3ccccc3)cc(C(=O)NCCCN3CCN(c4ccccc4)CC3)c12. The molecule has 1 N–H and O–H groups in total. The molecule has 34 heavy (non-hydrogen) atoms. The monoisotopic (exact) mass is 455 g/mol. The van der Waals surface area contributed by atoms with Crippen molar-refractivity contribution in [2.45, 2.75) is 13.3 Å². The largest absolute Gasteiger partial charge is 0.369 e. The van der Waals surface area contributed by atoms with E-state index >= 15 is 0 Å². The highest BCUT2D eigenvalue weighted by atomic mass is 16.5. The molecule has 0 saturated carbocycles. The smallest absolute Gasteiger partial charge is 0.259 e. The first-order chi connectivity index (χ1) is 16.7. The number of nitrogens with one attached hydrogen (secondary N) is 1. The van der Waals surface area contributed by atoms with E-state index in [1.807, 2.05) is 43.3 Å². The minimum atomic E-state index is -0.121. The minimum Gasteiger partial charge on any atom is -0.369 e. The molecule has 0 unspecified atom stereocenters. The predicted molar refractivity (Wildman–Crippen MR) is 134 cm³/mol. The third-order valence-corrected chi connectivity index (χ3v) is 6.36. The van der Waals surface area contributed by atoms with Gasteiger partial charge in [-0.05, 0) is 38.1 Å². The summed E-state index contributed by atoms with van der Waals surface area (Å²) in [5.41, 5.74) is 4.53. The van der Waals surface area contributed by atoms with Crippen LogP contribution in [0, 0.1) is 6.92 Å². The molecular formula is C27H29N5O2. The maximum absolute atomic E-state index is 13.1. The number of pyridine rings is 1. The second kappa shape index (κ2) is 10.1. The summed E-state index contributed by atoms with van der Waals surface area (Å²) in [7, 11) is 0. The molecule has 7 nitrogen and oxygen atoms in total. The van der Waals surface area contributed by atoms with Crippen LogP contribution in [0.15, 0.2) is 71.3 Å². The van der Waals surface area contributed by atoms with Gasteiger partial charge in [-0.1, -0.05) is 53.7 Å². The van der Waals surface area contributed by atoms with Crippen LogP contribution in [-0.4, -0.2) is 60.2 Å². The molecule has 0 aliphatic carbocycles. The summed E-state index contributed by atoms with van der Waals surface area (Å²) in [5, 5.41) is 7.79. The first-order valence-corrected chi connectivity index (χ1v) is 11.8. The molecular weight excluding hydrogens is 426 g/mol. The number of piperazine rings is 1. The number of aromatic nitrogens is 2. The average Bonchev–Trinajstić information content (AvgIpc) is 3.28. The van der Waals surface area contributed by atoms with E-state index in [0.29, 0.717) is 34.6 Å². The number of nitrogens with zero attached hydrogens (tertiary/aromatic N) is 4. The Morgan fingerprint density at radius 2 is 1.71 bits per heavy atom. The summed E-state index contributed by atoms with van der Waals surface area (Å²) in [4.78, 5) is 22.6. The standard InChI is InChI=1S/C27H29N5O2/c1-20-25-23(19-24(29-27(25)34-30-20)21-9-4-2-5-10-21)26(33)28-13-8-14-31-15-17-32(18-16-31)22-11-6-3-7-12-22/h2-7,9-12,19H,8,13-18H2,1H3,(H,28,33). The second-order valence-corrected chi connectivity index (χ2v) is 8.64. The molecule has 0 spiro atoms. The summed E-state index contributed by atoms with van der Waals surface area (Å²) < 4.78 is 5.40. The fourth-order valence-electron chi connectivity index (χ4n) is 4.50. The Morgan fingerprint density at radius 1 is 1.00 bits per heavy atom. The lowest BCUT2D eigenvalue weighted by atomic mass is 10.1. The summed E-state index contributed by atoms with van der Waals surface area (Å²) >= 11 is 0. The molecule has 7 heteroatoms. The highest BCUT2D eigenvalue weighted by Crippen LogP contribution is 2.27. The van der Waals surface area contributed by atoms with Crippen molar-refractivity contribution >= 4 is 22.7 Å². The fourth-order valence-corrected chi connectivity index (χ4v) is 4.50. The Labute approximate surface area is 199 Å². The molecule has 1 fully saturated rings. The van der Waals surface area contributed by atoms with E-state index in [0.717, 1.165) is 44.7 Å².